The maximum Gasteiger partial charge on any atom is 0.0738 e. The fourth-order valence-electron chi connectivity index (χ4n) is 2.33. The second-order valence-electron chi connectivity index (χ2n) is 5.30. The minimum absolute atomic E-state index is 0.703. The molecule has 3 rings (SSSR count). The lowest BCUT2D eigenvalue weighted by molar-refractivity contribution is 0.848. The average Bonchev–Trinajstić information content (AvgIpc) is 3.01. The Morgan fingerprint density at radius 3 is 2.86 bits per heavy atom. The van der Waals surface area contributed by atoms with E-state index >= 15 is 0 Å². The summed E-state index contributed by atoms with van der Waals surface area (Å²) in [7, 11) is 0. The SMILES string of the molecule is CCCc1cc(-n2cc(-c3ccc(N)c(C)n3)cn2)ccn1. The van der Waals surface area contributed by atoms with Gasteiger partial charge in [0.05, 0.1) is 29.0 Å². The smallest absolute Gasteiger partial charge is 0.0738 e. The number of hydrogen-bond donors (Lipinski definition) is 1. The van der Waals surface area contributed by atoms with Gasteiger partial charge < -0.3 is 5.73 Å². The Hall–Kier alpha value is -2.69. The van der Waals surface area contributed by atoms with Crippen LogP contribution < -0.4 is 5.73 Å². The maximum atomic E-state index is 5.82. The molecule has 5 nitrogen and oxygen atoms in total. The van der Waals surface area contributed by atoms with E-state index in [1.807, 2.05) is 48.4 Å². The highest BCUT2D eigenvalue weighted by Gasteiger charge is 2.07. The molecule has 0 fully saturated rings. The molecule has 0 atom stereocenters. The van der Waals surface area contributed by atoms with Gasteiger partial charge in [-0.05, 0) is 37.6 Å². The zero-order valence-electron chi connectivity index (χ0n) is 12.8. The molecule has 5 heteroatoms. The lowest BCUT2D eigenvalue weighted by Crippen LogP contribution is -1.97. The summed E-state index contributed by atoms with van der Waals surface area (Å²) in [5, 5.41) is 4.43. The summed E-state index contributed by atoms with van der Waals surface area (Å²) in [5.74, 6) is 0. The summed E-state index contributed by atoms with van der Waals surface area (Å²) in [6.45, 7) is 4.05. The second-order valence-corrected chi connectivity index (χ2v) is 5.30. The van der Waals surface area contributed by atoms with Crippen molar-refractivity contribution in [2.75, 3.05) is 5.73 Å². The van der Waals surface area contributed by atoms with Gasteiger partial charge >= 0.3 is 0 Å². The summed E-state index contributed by atoms with van der Waals surface area (Å²) < 4.78 is 1.85. The van der Waals surface area contributed by atoms with Crippen molar-refractivity contribution in [3.8, 4) is 16.9 Å². The molecular formula is C17H19N5. The first-order chi connectivity index (χ1) is 10.7. The number of pyridine rings is 2. The lowest BCUT2D eigenvalue weighted by atomic mass is 10.2. The third kappa shape index (κ3) is 2.83. The van der Waals surface area contributed by atoms with Gasteiger partial charge in [0.25, 0.3) is 0 Å². The molecule has 0 saturated carbocycles. The monoisotopic (exact) mass is 293 g/mol. The van der Waals surface area contributed by atoms with Gasteiger partial charge in [0.2, 0.25) is 0 Å². The van der Waals surface area contributed by atoms with Crippen LogP contribution in [0.2, 0.25) is 0 Å². The number of rotatable bonds is 4. The van der Waals surface area contributed by atoms with Gasteiger partial charge in [-0.1, -0.05) is 13.3 Å². The Balaban J connectivity index is 1.93. The topological polar surface area (TPSA) is 69.6 Å². The molecule has 0 spiro atoms. The second kappa shape index (κ2) is 5.97. The molecule has 0 aliphatic heterocycles. The van der Waals surface area contributed by atoms with Gasteiger partial charge in [-0.3, -0.25) is 9.97 Å². The van der Waals surface area contributed by atoms with Crippen molar-refractivity contribution in [2.24, 2.45) is 0 Å². The highest BCUT2D eigenvalue weighted by Crippen LogP contribution is 2.20. The highest BCUT2D eigenvalue weighted by atomic mass is 15.3. The molecule has 112 valence electrons. The van der Waals surface area contributed by atoms with E-state index in [0.29, 0.717) is 5.69 Å². The summed E-state index contributed by atoms with van der Waals surface area (Å²) in [6.07, 6.45) is 7.67. The Bertz CT molecular complexity index is 791. The van der Waals surface area contributed by atoms with Crippen LogP contribution in [0.3, 0.4) is 0 Å². The summed E-state index contributed by atoms with van der Waals surface area (Å²) in [4.78, 5) is 8.88. The fourth-order valence-corrected chi connectivity index (χ4v) is 2.33. The molecule has 0 aliphatic rings. The normalized spacial score (nSPS) is 10.8. The van der Waals surface area contributed by atoms with E-state index in [4.69, 9.17) is 5.73 Å². The van der Waals surface area contributed by atoms with Gasteiger partial charge in [-0.25, -0.2) is 4.68 Å². The number of aryl methyl sites for hydroxylation is 2. The van der Waals surface area contributed by atoms with Crippen LogP contribution in [0.15, 0.2) is 42.9 Å². The van der Waals surface area contributed by atoms with Gasteiger partial charge in [0, 0.05) is 23.7 Å². The third-order valence-corrected chi connectivity index (χ3v) is 3.58. The van der Waals surface area contributed by atoms with Crippen LogP contribution in [0.4, 0.5) is 5.69 Å². The number of nitrogen functional groups attached to an aromatic ring is 1. The molecule has 0 amide bonds. The van der Waals surface area contributed by atoms with Crippen LogP contribution in [-0.2, 0) is 6.42 Å². The van der Waals surface area contributed by atoms with Crippen molar-refractivity contribution < 1.29 is 0 Å². The van der Waals surface area contributed by atoms with E-state index in [-0.39, 0.29) is 0 Å². The van der Waals surface area contributed by atoms with E-state index in [0.717, 1.165) is 41.2 Å². The zero-order chi connectivity index (χ0) is 15.5. The van der Waals surface area contributed by atoms with Crippen molar-refractivity contribution in [1.82, 2.24) is 19.7 Å². The van der Waals surface area contributed by atoms with Crippen LogP contribution in [0.5, 0.6) is 0 Å². The van der Waals surface area contributed by atoms with Crippen LogP contribution in [0.1, 0.15) is 24.7 Å². The minimum atomic E-state index is 0.703. The fraction of sp³-hybridized carbons (Fsp3) is 0.235. The number of hydrogen-bond acceptors (Lipinski definition) is 4. The summed E-state index contributed by atoms with van der Waals surface area (Å²) in [5.41, 5.74) is 11.3. The molecule has 0 bridgehead atoms. The van der Waals surface area contributed by atoms with E-state index in [2.05, 4.69) is 28.1 Å². The number of nitrogens with two attached hydrogens (primary N) is 1. The van der Waals surface area contributed by atoms with Crippen molar-refractivity contribution in [3.05, 3.63) is 54.2 Å². The molecule has 0 aromatic carbocycles. The molecule has 0 aliphatic carbocycles. The molecule has 0 radical (unpaired) electrons. The molecule has 2 N–H and O–H groups in total. The standard InChI is InChI=1S/C17H19N5/c1-3-4-14-9-15(7-8-19-14)22-11-13(10-20-22)17-6-5-16(18)12(2)21-17/h5-11H,3-4,18H2,1-2H3. The minimum Gasteiger partial charge on any atom is -0.397 e. The molecule has 3 heterocycles. The Morgan fingerprint density at radius 1 is 1.23 bits per heavy atom. The average molecular weight is 293 g/mol. The van der Waals surface area contributed by atoms with Crippen molar-refractivity contribution >= 4 is 5.69 Å². The van der Waals surface area contributed by atoms with Crippen LogP contribution in [0.25, 0.3) is 16.9 Å². The molecule has 22 heavy (non-hydrogen) atoms. The number of aromatic nitrogens is 4. The highest BCUT2D eigenvalue weighted by molar-refractivity contribution is 5.61. The lowest BCUT2D eigenvalue weighted by Gasteiger charge is -2.04. The zero-order valence-corrected chi connectivity index (χ0v) is 12.8. The Kier molecular flexibility index (Phi) is 3.87. The van der Waals surface area contributed by atoms with Crippen molar-refractivity contribution in [2.45, 2.75) is 26.7 Å². The van der Waals surface area contributed by atoms with Crippen LogP contribution in [0, 0.1) is 6.92 Å². The third-order valence-electron chi connectivity index (χ3n) is 3.58. The Morgan fingerprint density at radius 2 is 2.09 bits per heavy atom. The summed E-state index contributed by atoms with van der Waals surface area (Å²) >= 11 is 0. The van der Waals surface area contributed by atoms with E-state index in [9.17, 15) is 0 Å². The molecule has 0 saturated heterocycles. The van der Waals surface area contributed by atoms with Gasteiger partial charge in [0.15, 0.2) is 0 Å². The summed E-state index contributed by atoms with van der Waals surface area (Å²) in [6, 6.07) is 7.82. The van der Waals surface area contributed by atoms with Crippen LogP contribution in [-0.4, -0.2) is 19.7 Å². The van der Waals surface area contributed by atoms with E-state index in [1.54, 1.807) is 0 Å². The number of anilines is 1. The molecule has 0 unspecified atom stereocenters. The van der Waals surface area contributed by atoms with Crippen LogP contribution >= 0.6 is 0 Å². The van der Waals surface area contributed by atoms with Gasteiger partial charge in [-0.15, -0.1) is 0 Å². The van der Waals surface area contributed by atoms with Crippen molar-refractivity contribution in [1.29, 1.82) is 0 Å². The Labute approximate surface area is 129 Å². The number of nitrogens with zero attached hydrogens (tertiary/aromatic N) is 4. The van der Waals surface area contributed by atoms with Gasteiger partial charge in [0.1, 0.15) is 0 Å². The molecule has 3 aromatic heterocycles. The first-order valence-electron chi connectivity index (χ1n) is 7.41. The van der Waals surface area contributed by atoms with E-state index < -0.39 is 0 Å². The molecule has 3 aromatic rings. The predicted octanol–water partition coefficient (Wildman–Crippen LogP) is 3.17. The largest absolute Gasteiger partial charge is 0.397 e. The first-order valence-corrected chi connectivity index (χ1v) is 7.41. The quantitative estimate of drug-likeness (QED) is 0.802. The predicted molar refractivity (Wildman–Crippen MR) is 87.7 cm³/mol. The van der Waals surface area contributed by atoms with Crippen molar-refractivity contribution in [3.63, 3.8) is 0 Å². The first kappa shape index (κ1) is 14.3. The van der Waals surface area contributed by atoms with Gasteiger partial charge in [-0.2, -0.15) is 5.10 Å². The van der Waals surface area contributed by atoms with E-state index in [1.165, 1.54) is 0 Å². The molecular weight excluding hydrogens is 274 g/mol. The maximum absolute atomic E-state index is 5.82.